The maximum absolute atomic E-state index is 11.2. The van der Waals surface area contributed by atoms with Gasteiger partial charge in [0.05, 0.1) is 28.8 Å². The van der Waals surface area contributed by atoms with Gasteiger partial charge in [-0.2, -0.15) is 0 Å². The number of nitrogens with zero attached hydrogens (tertiary/aromatic N) is 2. The Labute approximate surface area is 144 Å². The molecule has 1 aromatic carbocycles. The molecule has 128 valence electrons. The zero-order valence-corrected chi connectivity index (χ0v) is 14.4. The first-order valence-corrected chi connectivity index (χ1v) is 8.95. The minimum absolute atomic E-state index is 0.0999. The summed E-state index contributed by atoms with van der Waals surface area (Å²) in [6.07, 6.45) is 6.27. The van der Waals surface area contributed by atoms with E-state index >= 15 is 0 Å². The second kappa shape index (κ2) is 7.61. The second-order valence-electron chi connectivity index (χ2n) is 5.89. The zero-order chi connectivity index (χ0) is 16.9. The topological polar surface area (TPSA) is 74.5 Å². The first kappa shape index (κ1) is 16.7. The van der Waals surface area contributed by atoms with Gasteiger partial charge < -0.3 is 9.47 Å². The Kier molecular flexibility index (Phi) is 5.30. The third-order valence-corrected chi connectivity index (χ3v) is 5.32. The molecule has 1 aromatic heterocycles. The van der Waals surface area contributed by atoms with Crippen LogP contribution < -0.4 is 9.47 Å². The lowest BCUT2D eigenvalue weighted by molar-refractivity contribution is -0.386. The van der Waals surface area contributed by atoms with Crippen LogP contribution in [0.2, 0.25) is 0 Å². The van der Waals surface area contributed by atoms with Crippen LogP contribution in [0, 0.1) is 10.1 Å². The van der Waals surface area contributed by atoms with Crippen LogP contribution in [0.1, 0.15) is 48.7 Å². The Morgan fingerprint density at radius 2 is 2.12 bits per heavy atom. The maximum Gasteiger partial charge on any atom is 0.314 e. The summed E-state index contributed by atoms with van der Waals surface area (Å²) in [5, 5.41) is 14.3. The monoisotopic (exact) mass is 348 g/mol. The molecule has 0 amide bonds. The summed E-state index contributed by atoms with van der Waals surface area (Å²) in [7, 11) is 1.47. The van der Waals surface area contributed by atoms with Crippen LogP contribution in [0.25, 0.3) is 0 Å². The third kappa shape index (κ3) is 3.84. The lowest BCUT2D eigenvalue weighted by Crippen LogP contribution is -2.05. The van der Waals surface area contributed by atoms with Crippen molar-refractivity contribution in [3.8, 4) is 11.5 Å². The predicted molar refractivity (Wildman–Crippen MR) is 91.9 cm³/mol. The van der Waals surface area contributed by atoms with Crippen LogP contribution in [0.5, 0.6) is 11.5 Å². The van der Waals surface area contributed by atoms with Crippen LogP contribution in [0.15, 0.2) is 23.6 Å². The lowest BCUT2D eigenvalue weighted by atomic mass is 9.90. The summed E-state index contributed by atoms with van der Waals surface area (Å²) in [6.45, 7) is 0.233. The molecular weight excluding hydrogens is 328 g/mol. The summed E-state index contributed by atoms with van der Waals surface area (Å²) in [5.41, 5.74) is 0.725. The Hall–Kier alpha value is -2.15. The van der Waals surface area contributed by atoms with Gasteiger partial charge in [0.2, 0.25) is 0 Å². The Bertz CT molecular complexity index is 710. The van der Waals surface area contributed by atoms with Gasteiger partial charge in [0.25, 0.3) is 0 Å². The number of benzene rings is 1. The van der Waals surface area contributed by atoms with E-state index in [9.17, 15) is 10.1 Å². The Morgan fingerprint density at radius 1 is 1.33 bits per heavy atom. The van der Waals surface area contributed by atoms with Gasteiger partial charge in [-0.05, 0) is 25.0 Å². The number of methoxy groups -OCH3 is 1. The molecule has 1 aliphatic carbocycles. The van der Waals surface area contributed by atoms with E-state index in [0.717, 1.165) is 10.7 Å². The van der Waals surface area contributed by atoms with Crippen molar-refractivity contribution in [3.05, 3.63) is 44.4 Å². The Morgan fingerprint density at radius 3 is 2.83 bits per heavy atom. The normalized spacial score (nSPS) is 15.2. The van der Waals surface area contributed by atoms with Crippen LogP contribution in [-0.2, 0) is 6.61 Å². The average Bonchev–Trinajstić information content (AvgIpc) is 3.09. The summed E-state index contributed by atoms with van der Waals surface area (Å²) < 4.78 is 10.7. The van der Waals surface area contributed by atoms with E-state index in [0.29, 0.717) is 11.7 Å². The van der Waals surface area contributed by atoms with Crippen molar-refractivity contribution in [2.24, 2.45) is 0 Å². The van der Waals surface area contributed by atoms with Gasteiger partial charge in [-0.25, -0.2) is 4.98 Å². The molecule has 1 fully saturated rings. The largest absolute Gasteiger partial charge is 0.496 e. The van der Waals surface area contributed by atoms with Crippen molar-refractivity contribution in [2.75, 3.05) is 7.11 Å². The minimum Gasteiger partial charge on any atom is -0.496 e. The number of aromatic nitrogens is 1. The summed E-state index contributed by atoms with van der Waals surface area (Å²) in [5.74, 6) is 1.23. The number of rotatable bonds is 6. The van der Waals surface area contributed by atoms with Crippen molar-refractivity contribution in [1.29, 1.82) is 0 Å². The fourth-order valence-electron chi connectivity index (χ4n) is 2.97. The van der Waals surface area contributed by atoms with E-state index in [4.69, 9.17) is 9.47 Å². The first-order chi connectivity index (χ1) is 11.7. The van der Waals surface area contributed by atoms with Gasteiger partial charge in [0.1, 0.15) is 12.4 Å². The van der Waals surface area contributed by atoms with Crippen LogP contribution in [-0.4, -0.2) is 17.0 Å². The van der Waals surface area contributed by atoms with E-state index in [1.54, 1.807) is 23.5 Å². The first-order valence-electron chi connectivity index (χ1n) is 8.07. The number of hydrogen-bond donors (Lipinski definition) is 0. The molecule has 0 radical (unpaired) electrons. The van der Waals surface area contributed by atoms with Crippen LogP contribution in [0.3, 0.4) is 0 Å². The van der Waals surface area contributed by atoms with Crippen LogP contribution >= 0.6 is 11.3 Å². The number of thiazole rings is 1. The lowest BCUT2D eigenvalue weighted by Gasteiger charge is -2.18. The molecule has 3 rings (SSSR count). The molecule has 1 saturated carbocycles. The molecule has 7 heteroatoms. The highest BCUT2D eigenvalue weighted by Gasteiger charge is 2.20. The van der Waals surface area contributed by atoms with Crippen molar-refractivity contribution in [3.63, 3.8) is 0 Å². The minimum atomic E-state index is -0.466. The molecular formula is C17H20N2O4S. The van der Waals surface area contributed by atoms with Gasteiger partial charge in [0.15, 0.2) is 5.75 Å². The molecule has 0 aliphatic heterocycles. The molecule has 1 aliphatic rings. The average molecular weight is 348 g/mol. The molecule has 6 nitrogen and oxygen atoms in total. The van der Waals surface area contributed by atoms with Crippen molar-refractivity contribution in [1.82, 2.24) is 4.98 Å². The maximum atomic E-state index is 11.2. The molecule has 0 bridgehead atoms. The third-order valence-electron chi connectivity index (χ3n) is 4.26. The van der Waals surface area contributed by atoms with E-state index in [2.05, 4.69) is 4.98 Å². The molecule has 0 spiro atoms. The highest BCUT2D eigenvalue weighted by atomic mass is 32.1. The van der Waals surface area contributed by atoms with E-state index < -0.39 is 4.92 Å². The number of nitro groups is 1. The fraction of sp³-hybridized carbons (Fsp3) is 0.471. The van der Waals surface area contributed by atoms with Crippen molar-refractivity contribution in [2.45, 2.75) is 44.6 Å². The fourth-order valence-corrected chi connectivity index (χ4v) is 3.94. The molecule has 24 heavy (non-hydrogen) atoms. The molecule has 0 unspecified atom stereocenters. The quantitative estimate of drug-likeness (QED) is 0.559. The van der Waals surface area contributed by atoms with Gasteiger partial charge in [-0.3, -0.25) is 10.1 Å². The van der Waals surface area contributed by atoms with E-state index in [-0.39, 0.29) is 18.0 Å². The molecule has 0 atom stereocenters. The highest BCUT2D eigenvalue weighted by Crippen LogP contribution is 2.35. The smallest absolute Gasteiger partial charge is 0.314 e. The standard InChI is InChI=1S/C17H20N2O4S/c1-22-14-7-8-16(15(9-14)19(20)21)23-10-13-11-24-17(18-13)12-5-3-2-4-6-12/h7-9,11-12H,2-6,10H2,1H3. The molecule has 2 aromatic rings. The van der Waals surface area contributed by atoms with Gasteiger partial charge >= 0.3 is 5.69 Å². The molecule has 0 saturated heterocycles. The number of nitro benzene ring substituents is 1. The van der Waals surface area contributed by atoms with E-state index in [1.807, 2.05) is 5.38 Å². The summed E-state index contributed by atoms with van der Waals surface area (Å²) in [6, 6.07) is 4.58. The van der Waals surface area contributed by atoms with Gasteiger partial charge in [-0.15, -0.1) is 11.3 Å². The van der Waals surface area contributed by atoms with Gasteiger partial charge in [-0.1, -0.05) is 19.3 Å². The molecule has 1 heterocycles. The number of hydrogen-bond acceptors (Lipinski definition) is 6. The van der Waals surface area contributed by atoms with Crippen molar-refractivity contribution >= 4 is 17.0 Å². The second-order valence-corrected chi connectivity index (χ2v) is 6.78. The number of ether oxygens (including phenoxy) is 2. The Balaban J connectivity index is 1.67. The van der Waals surface area contributed by atoms with Crippen molar-refractivity contribution < 1.29 is 14.4 Å². The zero-order valence-electron chi connectivity index (χ0n) is 13.6. The van der Waals surface area contributed by atoms with E-state index in [1.165, 1.54) is 45.3 Å². The highest BCUT2D eigenvalue weighted by molar-refractivity contribution is 7.09. The summed E-state index contributed by atoms with van der Waals surface area (Å²) in [4.78, 5) is 15.4. The predicted octanol–water partition coefficient (Wildman–Crippen LogP) is 4.69. The SMILES string of the molecule is COc1ccc(OCc2csc(C3CCCCC3)n2)c([N+](=O)[O-])c1. The summed E-state index contributed by atoms with van der Waals surface area (Å²) >= 11 is 1.66. The molecule has 0 N–H and O–H groups in total. The van der Waals surface area contributed by atoms with Crippen LogP contribution in [0.4, 0.5) is 5.69 Å². The van der Waals surface area contributed by atoms with Gasteiger partial charge in [0, 0.05) is 11.3 Å².